The van der Waals surface area contributed by atoms with Crippen molar-refractivity contribution in [3.05, 3.63) is 65.9 Å². The van der Waals surface area contributed by atoms with E-state index in [4.69, 9.17) is 0 Å². The molecule has 0 bridgehead atoms. The molecule has 0 saturated heterocycles. The standard InChI is InChI=1S/C20H19N3O2/c1-13(23-12-14-6-3-4-7-15(14)20(23)25)19(24)21-17-8-5-9-18-16(17)10-11-22(18)2/h3-11,13H,12H2,1-2H3,(H,21,24)/t13-/m0/s1. The van der Waals surface area contributed by atoms with Crippen molar-refractivity contribution in [1.29, 1.82) is 0 Å². The van der Waals surface area contributed by atoms with E-state index in [0.717, 1.165) is 22.2 Å². The number of hydrogen-bond acceptors (Lipinski definition) is 2. The molecule has 5 nitrogen and oxygen atoms in total. The third-order valence-corrected chi connectivity index (χ3v) is 4.88. The predicted molar refractivity (Wildman–Crippen MR) is 97.3 cm³/mol. The van der Waals surface area contributed by atoms with Gasteiger partial charge in [0.25, 0.3) is 5.91 Å². The number of rotatable bonds is 3. The van der Waals surface area contributed by atoms with Crippen LogP contribution >= 0.6 is 0 Å². The van der Waals surface area contributed by atoms with E-state index in [1.807, 2.05) is 66.3 Å². The first-order valence-corrected chi connectivity index (χ1v) is 8.30. The lowest BCUT2D eigenvalue weighted by Gasteiger charge is -2.23. The molecular weight excluding hydrogens is 314 g/mol. The molecule has 1 aliphatic heterocycles. The van der Waals surface area contributed by atoms with Gasteiger partial charge in [0.05, 0.1) is 5.69 Å². The number of nitrogens with one attached hydrogen (secondary N) is 1. The highest BCUT2D eigenvalue weighted by Gasteiger charge is 2.33. The first kappa shape index (κ1) is 15.4. The average molecular weight is 333 g/mol. The van der Waals surface area contributed by atoms with Crippen molar-refractivity contribution in [2.45, 2.75) is 19.5 Å². The zero-order valence-corrected chi connectivity index (χ0v) is 14.2. The van der Waals surface area contributed by atoms with E-state index in [9.17, 15) is 9.59 Å². The normalized spacial score (nSPS) is 14.6. The Morgan fingerprint density at radius 3 is 2.72 bits per heavy atom. The molecule has 1 N–H and O–H groups in total. The Balaban J connectivity index is 1.56. The van der Waals surface area contributed by atoms with E-state index >= 15 is 0 Å². The molecule has 0 fully saturated rings. The van der Waals surface area contributed by atoms with Crippen LogP contribution in [0.1, 0.15) is 22.8 Å². The minimum atomic E-state index is -0.543. The van der Waals surface area contributed by atoms with Gasteiger partial charge in [-0.3, -0.25) is 9.59 Å². The number of aryl methyl sites for hydroxylation is 1. The molecule has 0 saturated carbocycles. The van der Waals surface area contributed by atoms with Crippen LogP contribution in [0.5, 0.6) is 0 Å². The lowest BCUT2D eigenvalue weighted by atomic mass is 10.1. The van der Waals surface area contributed by atoms with Crippen LogP contribution in [-0.4, -0.2) is 27.3 Å². The van der Waals surface area contributed by atoms with Gasteiger partial charge in [0, 0.05) is 36.3 Å². The third-order valence-electron chi connectivity index (χ3n) is 4.88. The Labute approximate surface area is 145 Å². The second-order valence-corrected chi connectivity index (χ2v) is 6.42. The Morgan fingerprint density at radius 1 is 1.12 bits per heavy atom. The first-order valence-electron chi connectivity index (χ1n) is 8.30. The van der Waals surface area contributed by atoms with Gasteiger partial charge >= 0.3 is 0 Å². The van der Waals surface area contributed by atoms with Gasteiger partial charge in [0.2, 0.25) is 5.91 Å². The van der Waals surface area contributed by atoms with Gasteiger partial charge in [-0.2, -0.15) is 0 Å². The van der Waals surface area contributed by atoms with Crippen molar-refractivity contribution in [3.63, 3.8) is 0 Å². The Bertz CT molecular complexity index is 990. The smallest absolute Gasteiger partial charge is 0.255 e. The van der Waals surface area contributed by atoms with Gasteiger partial charge < -0.3 is 14.8 Å². The average Bonchev–Trinajstić information content (AvgIpc) is 3.16. The highest BCUT2D eigenvalue weighted by molar-refractivity contribution is 6.06. The summed E-state index contributed by atoms with van der Waals surface area (Å²) >= 11 is 0. The Hall–Kier alpha value is -3.08. The summed E-state index contributed by atoms with van der Waals surface area (Å²) < 4.78 is 2.01. The fraction of sp³-hybridized carbons (Fsp3) is 0.200. The number of nitrogens with zero attached hydrogens (tertiary/aromatic N) is 2. The fourth-order valence-corrected chi connectivity index (χ4v) is 3.38. The van der Waals surface area contributed by atoms with Crippen LogP contribution < -0.4 is 5.32 Å². The van der Waals surface area contributed by atoms with Crippen LogP contribution in [0.3, 0.4) is 0 Å². The van der Waals surface area contributed by atoms with E-state index in [-0.39, 0.29) is 11.8 Å². The number of carbonyl (C=O) groups is 2. The zero-order chi connectivity index (χ0) is 17.6. The van der Waals surface area contributed by atoms with Gasteiger partial charge in [-0.05, 0) is 36.8 Å². The zero-order valence-electron chi connectivity index (χ0n) is 14.2. The van der Waals surface area contributed by atoms with Crippen molar-refractivity contribution in [3.8, 4) is 0 Å². The Morgan fingerprint density at radius 2 is 1.92 bits per heavy atom. The topological polar surface area (TPSA) is 54.3 Å². The van der Waals surface area contributed by atoms with Crippen LogP contribution in [0.2, 0.25) is 0 Å². The maximum Gasteiger partial charge on any atom is 0.255 e. The highest BCUT2D eigenvalue weighted by atomic mass is 16.2. The largest absolute Gasteiger partial charge is 0.350 e. The van der Waals surface area contributed by atoms with Crippen LogP contribution in [0.25, 0.3) is 10.9 Å². The fourth-order valence-electron chi connectivity index (χ4n) is 3.38. The Kier molecular flexibility index (Phi) is 3.57. The summed E-state index contributed by atoms with van der Waals surface area (Å²) in [4.78, 5) is 26.9. The molecule has 126 valence electrons. The number of carbonyl (C=O) groups excluding carboxylic acids is 2. The number of fused-ring (bicyclic) bond motifs is 2. The molecule has 0 radical (unpaired) electrons. The maximum atomic E-state index is 12.7. The molecule has 4 rings (SSSR count). The molecule has 1 aliphatic rings. The van der Waals surface area contributed by atoms with Crippen LogP contribution in [-0.2, 0) is 18.4 Å². The quantitative estimate of drug-likeness (QED) is 0.800. The van der Waals surface area contributed by atoms with E-state index in [0.29, 0.717) is 12.1 Å². The molecule has 25 heavy (non-hydrogen) atoms. The molecule has 2 aromatic carbocycles. The molecule has 0 aliphatic carbocycles. The van der Waals surface area contributed by atoms with Crippen molar-refractivity contribution >= 4 is 28.4 Å². The van der Waals surface area contributed by atoms with Gasteiger partial charge in [-0.1, -0.05) is 24.3 Å². The van der Waals surface area contributed by atoms with E-state index < -0.39 is 6.04 Å². The highest BCUT2D eigenvalue weighted by Crippen LogP contribution is 2.27. The van der Waals surface area contributed by atoms with Crippen molar-refractivity contribution in [1.82, 2.24) is 9.47 Å². The third kappa shape index (κ3) is 2.48. The lowest BCUT2D eigenvalue weighted by molar-refractivity contribution is -0.120. The summed E-state index contributed by atoms with van der Waals surface area (Å²) in [5, 5.41) is 3.96. The minimum absolute atomic E-state index is 0.0869. The van der Waals surface area contributed by atoms with Crippen LogP contribution in [0, 0.1) is 0 Å². The summed E-state index contributed by atoms with van der Waals surface area (Å²) in [6, 6.07) is 14.8. The second kappa shape index (κ2) is 5.77. The van der Waals surface area contributed by atoms with Crippen molar-refractivity contribution < 1.29 is 9.59 Å². The number of benzene rings is 2. The number of amides is 2. The second-order valence-electron chi connectivity index (χ2n) is 6.42. The molecule has 2 amide bonds. The monoisotopic (exact) mass is 333 g/mol. The van der Waals surface area contributed by atoms with Gasteiger partial charge in [-0.25, -0.2) is 0 Å². The molecule has 1 atom stereocenters. The van der Waals surface area contributed by atoms with E-state index in [2.05, 4.69) is 5.32 Å². The summed E-state index contributed by atoms with van der Waals surface area (Å²) in [7, 11) is 1.97. The summed E-state index contributed by atoms with van der Waals surface area (Å²) in [5.74, 6) is -0.270. The molecule has 3 aromatic rings. The summed E-state index contributed by atoms with van der Waals surface area (Å²) in [5.41, 5.74) is 3.47. The van der Waals surface area contributed by atoms with Gasteiger partial charge in [-0.15, -0.1) is 0 Å². The SMILES string of the molecule is C[C@@H](C(=O)Nc1cccc2c1ccn2C)N1Cc2ccccc2C1=O. The summed E-state index contributed by atoms with van der Waals surface area (Å²) in [6.45, 7) is 2.24. The molecule has 1 aromatic heterocycles. The van der Waals surface area contributed by atoms with Crippen molar-refractivity contribution in [2.24, 2.45) is 7.05 Å². The van der Waals surface area contributed by atoms with Crippen molar-refractivity contribution in [2.75, 3.05) is 5.32 Å². The van der Waals surface area contributed by atoms with E-state index in [1.165, 1.54) is 0 Å². The van der Waals surface area contributed by atoms with Crippen LogP contribution in [0.15, 0.2) is 54.7 Å². The molecule has 5 heteroatoms. The number of anilines is 1. The summed E-state index contributed by atoms with van der Waals surface area (Å²) in [6.07, 6.45) is 1.96. The molecular formula is C20H19N3O2. The van der Waals surface area contributed by atoms with Gasteiger partial charge in [0.1, 0.15) is 6.04 Å². The van der Waals surface area contributed by atoms with Crippen LogP contribution in [0.4, 0.5) is 5.69 Å². The predicted octanol–water partition coefficient (Wildman–Crippen LogP) is 3.16. The lowest BCUT2D eigenvalue weighted by Crippen LogP contribution is -2.42. The van der Waals surface area contributed by atoms with E-state index in [1.54, 1.807) is 11.8 Å². The number of hydrogen-bond donors (Lipinski definition) is 1. The van der Waals surface area contributed by atoms with Gasteiger partial charge in [0.15, 0.2) is 0 Å². The molecule has 0 spiro atoms. The number of aromatic nitrogens is 1. The first-order chi connectivity index (χ1) is 12.1. The molecule has 2 heterocycles. The molecule has 0 unspecified atom stereocenters. The maximum absolute atomic E-state index is 12.7. The minimum Gasteiger partial charge on any atom is -0.350 e.